The summed E-state index contributed by atoms with van der Waals surface area (Å²) >= 11 is 15.6. The van der Waals surface area contributed by atoms with Gasteiger partial charge < -0.3 is 4.74 Å². The minimum Gasteiger partial charge on any atom is -0.457 e. The summed E-state index contributed by atoms with van der Waals surface area (Å²) in [5, 5.41) is 4.69. The SMILES string of the molecule is O=C(CN(Cc1ccc(Cl)cc1Cl)S(=O)(=O)c1ccc(Br)cc1)N/N=C/c1cccc(Oc2ccccc2)c1. The molecule has 0 aromatic heterocycles. The molecular formula is C28H22BrCl2N3O4S. The lowest BCUT2D eigenvalue weighted by Gasteiger charge is -2.22. The van der Waals surface area contributed by atoms with Crippen molar-refractivity contribution in [2.45, 2.75) is 11.4 Å². The maximum atomic E-state index is 13.5. The minimum atomic E-state index is -4.06. The fraction of sp³-hybridized carbons (Fsp3) is 0.0714. The van der Waals surface area contributed by atoms with Gasteiger partial charge in [-0.3, -0.25) is 4.79 Å². The molecule has 39 heavy (non-hydrogen) atoms. The van der Waals surface area contributed by atoms with Gasteiger partial charge in [0.25, 0.3) is 5.91 Å². The molecule has 0 fully saturated rings. The molecule has 4 aromatic rings. The number of carbonyl (C=O) groups is 1. The Labute approximate surface area is 245 Å². The highest BCUT2D eigenvalue weighted by molar-refractivity contribution is 9.10. The molecule has 0 radical (unpaired) electrons. The van der Waals surface area contributed by atoms with Crippen molar-refractivity contribution in [1.29, 1.82) is 0 Å². The van der Waals surface area contributed by atoms with Gasteiger partial charge >= 0.3 is 0 Å². The maximum Gasteiger partial charge on any atom is 0.255 e. The number of hydrazone groups is 1. The largest absolute Gasteiger partial charge is 0.457 e. The number of nitrogens with one attached hydrogen (secondary N) is 1. The van der Waals surface area contributed by atoms with E-state index in [4.69, 9.17) is 27.9 Å². The van der Waals surface area contributed by atoms with Crippen LogP contribution in [0, 0.1) is 0 Å². The van der Waals surface area contributed by atoms with Crippen molar-refractivity contribution in [1.82, 2.24) is 9.73 Å². The first-order valence-corrected chi connectivity index (χ1v) is 14.5. The predicted octanol–water partition coefficient (Wildman–Crippen LogP) is 6.89. The third kappa shape index (κ3) is 8.14. The molecule has 0 heterocycles. The Morgan fingerprint density at radius 3 is 2.36 bits per heavy atom. The third-order valence-electron chi connectivity index (χ3n) is 5.37. The van der Waals surface area contributed by atoms with E-state index in [1.54, 1.807) is 48.5 Å². The Kier molecular flexibility index (Phi) is 9.77. The van der Waals surface area contributed by atoms with Crippen LogP contribution >= 0.6 is 39.1 Å². The zero-order valence-corrected chi connectivity index (χ0v) is 24.2. The normalized spacial score (nSPS) is 11.6. The van der Waals surface area contributed by atoms with Crippen LogP contribution in [0.4, 0.5) is 0 Å². The third-order valence-corrected chi connectivity index (χ3v) is 8.29. The number of amides is 1. The van der Waals surface area contributed by atoms with E-state index >= 15 is 0 Å². The van der Waals surface area contributed by atoms with E-state index in [2.05, 4.69) is 26.5 Å². The molecule has 0 spiro atoms. The molecule has 1 amide bonds. The Morgan fingerprint density at radius 2 is 1.64 bits per heavy atom. The lowest BCUT2D eigenvalue weighted by molar-refractivity contribution is -0.121. The lowest BCUT2D eigenvalue weighted by atomic mass is 10.2. The van der Waals surface area contributed by atoms with Gasteiger partial charge in [-0.15, -0.1) is 0 Å². The van der Waals surface area contributed by atoms with Crippen LogP contribution in [0.25, 0.3) is 0 Å². The van der Waals surface area contributed by atoms with Crippen LogP contribution in [0.2, 0.25) is 10.0 Å². The van der Waals surface area contributed by atoms with E-state index in [1.165, 1.54) is 24.4 Å². The first-order valence-electron chi connectivity index (χ1n) is 11.6. The highest BCUT2D eigenvalue weighted by atomic mass is 79.9. The van der Waals surface area contributed by atoms with Crippen molar-refractivity contribution in [3.05, 3.63) is 123 Å². The van der Waals surface area contributed by atoms with Crippen LogP contribution in [0.5, 0.6) is 11.5 Å². The molecule has 0 saturated heterocycles. The number of benzene rings is 4. The average Bonchev–Trinajstić information content (AvgIpc) is 2.91. The molecule has 0 bridgehead atoms. The molecular weight excluding hydrogens is 625 g/mol. The minimum absolute atomic E-state index is 0.0299. The van der Waals surface area contributed by atoms with E-state index < -0.39 is 22.5 Å². The fourth-order valence-electron chi connectivity index (χ4n) is 3.48. The van der Waals surface area contributed by atoms with Crippen LogP contribution in [0.3, 0.4) is 0 Å². The molecule has 11 heteroatoms. The number of nitrogens with zero attached hydrogens (tertiary/aromatic N) is 2. The summed E-state index contributed by atoms with van der Waals surface area (Å²) in [4.78, 5) is 12.8. The van der Waals surface area contributed by atoms with E-state index in [0.717, 1.165) is 8.78 Å². The zero-order chi connectivity index (χ0) is 27.8. The Balaban J connectivity index is 1.48. The summed E-state index contributed by atoms with van der Waals surface area (Å²) in [7, 11) is -4.06. The first kappa shape index (κ1) is 28.8. The van der Waals surface area contributed by atoms with Gasteiger partial charge in [-0.2, -0.15) is 9.41 Å². The van der Waals surface area contributed by atoms with Gasteiger partial charge in [0.1, 0.15) is 11.5 Å². The number of sulfonamides is 1. The van der Waals surface area contributed by atoms with Crippen LogP contribution in [0.1, 0.15) is 11.1 Å². The number of rotatable bonds is 10. The van der Waals surface area contributed by atoms with Crippen molar-refractivity contribution in [3.8, 4) is 11.5 Å². The number of halogens is 3. The summed E-state index contributed by atoms with van der Waals surface area (Å²) in [6.07, 6.45) is 1.44. The smallest absolute Gasteiger partial charge is 0.255 e. The van der Waals surface area contributed by atoms with Crippen molar-refractivity contribution < 1.29 is 17.9 Å². The molecule has 1 N–H and O–H groups in total. The Morgan fingerprint density at radius 1 is 0.923 bits per heavy atom. The van der Waals surface area contributed by atoms with Gasteiger partial charge in [-0.05, 0) is 71.8 Å². The maximum absolute atomic E-state index is 13.5. The van der Waals surface area contributed by atoms with Crippen molar-refractivity contribution in [2.24, 2.45) is 5.10 Å². The molecule has 4 rings (SSSR count). The van der Waals surface area contributed by atoms with Crippen molar-refractivity contribution >= 4 is 61.3 Å². The number of ether oxygens (including phenoxy) is 1. The first-order chi connectivity index (χ1) is 18.7. The summed E-state index contributed by atoms with van der Waals surface area (Å²) in [6, 6.07) is 27.3. The molecule has 200 valence electrons. The topological polar surface area (TPSA) is 88.1 Å². The van der Waals surface area contributed by atoms with Crippen LogP contribution in [0.15, 0.2) is 112 Å². The summed E-state index contributed by atoms with van der Waals surface area (Å²) in [6.45, 7) is -0.643. The number of carbonyl (C=O) groups excluding carboxylic acids is 1. The molecule has 0 aliphatic carbocycles. The van der Waals surface area contributed by atoms with Gasteiger partial charge in [0, 0.05) is 21.1 Å². The van der Waals surface area contributed by atoms with Gasteiger partial charge in [0.05, 0.1) is 17.7 Å². The van der Waals surface area contributed by atoms with Crippen molar-refractivity contribution in [3.63, 3.8) is 0 Å². The predicted molar refractivity (Wildman–Crippen MR) is 157 cm³/mol. The van der Waals surface area contributed by atoms with Crippen LogP contribution in [-0.4, -0.2) is 31.4 Å². The summed E-state index contributed by atoms with van der Waals surface area (Å²) < 4.78 is 34.5. The molecule has 0 unspecified atom stereocenters. The second-order valence-corrected chi connectivity index (χ2v) is 11.9. The fourth-order valence-corrected chi connectivity index (χ4v) is 5.59. The Hall–Kier alpha value is -3.21. The van der Waals surface area contributed by atoms with Crippen LogP contribution in [-0.2, 0) is 21.4 Å². The monoisotopic (exact) mass is 645 g/mol. The average molecular weight is 647 g/mol. The number of hydrogen-bond acceptors (Lipinski definition) is 5. The van der Waals surface area contributed by atoms with Crippen molar-refractivity contribution in [2.75, 3.05) is 6.54 Å². The van der Waals surface area contributed by atoms with Gasteiger partial charge in [-0.1, -0.05) is 75.5 Å². The summed E-state index contributed by atoms with van der Waals surface area (Å²) in [5.41, 5.74) is 3.57. The van der Waals surface area contributed by atoms with E-state index in [-0.39, 0.29) is 16.5 Å². The van der Waals surface area contributed by atoms with E-state index in [9.17, 15) is 13.2 Å². The second-order valence-electron chi connectivity index (χ2n) is 8.24. The Bertz CT molecular complexity index is 1580. The van der Waals surface area contributed by atoms with E-state index in [0.29, 0.717) is 27.6 Å². The second kappa shape index (κ2) is 13.2. The standard InChI is InChI=1S/C28H22BrCl2N3O4S/c29-22-10-13-26(14-11-22)39(36,37)34(18-21-9-12-23(30)16-27(21)31)19-28(35)33-32-17-20-5-4-8-25(15-20)38-24-6-2-1-3-7-24/h1-17H,18-19H2,(H,33,35)/b32-17+. The lowest BCUT2D eigenvalue weighted by Crippen LogP contribution is -2.39. The molecule has 4 aromatic carbocycles. The number of hydrogen-bond donors (Lipinski definition) is 1. The number of para-hydroxylation sites is 1. The van der Waals surface area contributed by atoms with Gasteiger partial charge in [0.15, 0.2) is 0 Å². The molecule has 0 aliphatic rings. The molecule has 0 aliphatic heterocycles. The van der Waals surface area contributed by atoms with E-state index in [1.807, 2.05) is 30.3 Å². The molecule has 0 saturated carbocycles. The molecule has 7 nitrogen and oxygen atoms in total. The van der Waals surface area contributed by atoms with Gasteiger partial charge in [-0.25, -0.2) is 13.8 Å². The summed E-state index contributed by atoms with van der Waals surface area (Å²) in [5.74, 6) is 0.657. The molecule has 0 atom stereocenters. The van der Waals surface area contributed by atoms with Gasteiger partial charge in [0.2, 0.25) is 10.0 Å². The quantitative estimate of drug-likeness (QED) is 0.150. The highest BCUT2D eigenvalue weighted by Crippen LogP contribution is 2.26. The highest BCUT2D eigenvalue weighted by Gasteiger charge is 2.27. The zero-order valence-electron chi connectivity index (χ0n) is 20.3. The van der Waals surface area contributed by atoms with Crippen LogP contribution < -0.4 is 10.2 Å².